The van der Waals surface area contributed by atoms with Crippen LogP contribution < -0.4 is 5.32 Å². The number of carbonyl (C=O) groups excluding carboxylic acids is 3. The van der Waals surface area contributed by atoms with Crippen LogP contribution >= 0.6 is 56.9 Å². The number of nitrogens with zero attached hydrogens (tertiary/aromatic N) is 1. The van der Waals surface area contributed by atoms with Crippen molar-refractivity contribution in [1.82, 2.24) is 4.90 Å². The highest BCUT2D eigenvalue weighted by molar-refractivity contribution is 14.1. The molecular formula is C20H16I2N2O4S. The van der Waals surface area contributed by atoms with Gasteiger partial charge in [0.2, 0.25) is 5.91 Å². The first-order chi connectivity index (χ1) is 13.7. The Bertz CT molecular complexity index is 1050. The number of aromatic hydroxyl groups is 1. The molecule has 1 fully saturated rings. The molecular weight excluding hydrogens is 618 g/mol. The van der Waals surface area contributed by atoms with Crippen molar-refractivity contribution in [1.29, 1.82) is 0 Å². The Morgan fingerprint density at radius 3 is 2.45 bits per heavy atom. The van der Waals surface area contributed by atoms with Gasteiger partial charge in [-0.3, -0.25) is 19.3 Å². The molecule has 2 N–H and O–H groups in total. The number of carbonyl (C=O) groups is 3. The van der Waals surface area contributed by atoms with E-state index in [4.69, 9.17) is 0 Å². The lowest BCUT2D eigenvalue weighted by Gasteiger charge is -2.14. The second-order valence-electron chi connectivity index (χ2n) is 6.47. The summed E-state index contributed by atoms with van der Waals surface area (Å²) in [6.45, 7) is 3.49. The average Bonchev–Trinajstić information content (AvgIpc) is 2.89. The molecule has 1 aliphatic heterocycles. The summed E-state index contributed by atoms with van der Waals surface area (Å²) in [6.07, 6.45) is 1.59. The van der Waals surface area contributed by atoms with E-state index in [1.165, 1.54) is 0 Å². The monoisotopic (exact) mass is 634 g/mol. The second kappa shape index (κ2) is 9.04. The normalized spacial score (nSPS) is 15.3. The summed E-state index contributed by atoms with van der Waals surface area (Å²) in [5, 5.41) is 12.1. The fourth-order valence-electron chi connectivity index (χ4n) is 2.74. The van der Waals surface area contributed by atoms with Crippen molar-refractivity contribution in [3.63, 3.8) is 0 Å². The lowest BCUT2D eigenvalue weighted by Crippen LogP contribution is -2.36. The molecule has 3 rings (SSSR count). The number of hydrogen-bond donors (Lipinski definition) is 2. The summed E-state index contributed by atoms with van der Waals surface area (Å²) >= 11 is 4.80. The van der Waals surface area contributed by atoms with Crippen LogP contribution in [0.2, 0.25) is 0 Å². The Balaban J connectivity index is 1.74. The third-order valence-electron chi connectivity index (χ3n) is 4.17. The van der Waals surface area contributed by atoms with Crippen molar-refractivity contribution in [2.45, 2.75) is 13.8 Å². The van der Waals surface area contributed by atoms with Gasteiger partial charge < -0.3 is 10.4 Å². The van der Waals surface area contributed by atoms with Crippen LogP contribution in [0.1, 0.15) is 16.7 Å². The molecule has 0 aliphatic carbocycles. The smallest absolute Gasteiger partial charge is 0.294 e. The fraction of sp³-hybridized carbons (Fsp3) is 0.150. The molecule has 0 spiro atoms. The van der Waals surface area contributed by atoms with E-state index < -0.39 is 17.1 Å². The molecule has 2 aromatic rings. The van der Waals surface area contributed by atoms with Gasteiger partial charge in [-0.25, -0.2) is 0 Å². The van der Waals surface area contributed by atoms with Crippen LogP contribution in [0.4, 0.5) is 10.5 Å². The van der Waals surface area contributed by atoms with E-state index in [2.05, 4.69) is 5.32 Å². The maximum absolute atomic E-state index is 12.6. The van der Waals surface area contributed by atoms with Crippen molar-refractivity contribution >= 4 is 85.8 Å². The number of phenols is 1. The van der Waals surface area contributed by atoms with E-state index in [0.29, 0.717) is 18.4 Å². The number of rotatable bonds is 4. The van der Waals surface area contributed by atoms with Gasteiger partial charge in [0.25, 0.3) is 11.1 Å². The standard InChI is InChI=1S/C20H16I2N2O4S/c1-10-3-4-15(11(2)5-10)23-17(25)9-24-19(27)16(29-20(24)28)8-12-6-13(21)18(26)14(22)7-12/h3-8,26H,9H2,1-2H3,(H,23,25)/b16-8+. The summed E-state index contributed by atoms with van der Waals surface area (Å²) in [5.41, 5.74) is 3.33. The van der Waals surface area contributed by atoms with E-state index in [9.17, 15) is 19.5 Å². The Morgan fingerprint density at radius 2 is 1.83 bits per heavy atom. The molecule has 0 saturated carbocycles. The second-order valence-corrected chi connectivity index (χ2v) is 9.79. The molecule has 0 bridgehead atoms. The third-order valence-corrected chi connectivity index (χ3v) is 6.72. The van der Waals surface area contributed by atoms with Gasteiger partial charge in [-0.1, -0.05) is 17.7 Å². The first-order valence-corrected chi connectivity index (χ1v) is 11.4. The Labute approximate surface area is 199 Å². The summed E-state index contributed by atoms with van der Waals surface area (Å²) < 4.78 is 1.29. The molecule has 6 nitrogen and oxygen atoms in total. The SMILES string of the molecule is Cc1ccc(NC(=O)CN2C(=O)S/C(=C/c3cc(I)c(O)c(I)c3)C2=O)c(C)c1. The zero-order chi connectivity index (χ0) is 21.3. The van der Waals surface area contributed by atoms with Gasteiger partial charge in [-0.15, -0.1) is 0 Å². The minimum atomic E-state index is -0.506. The molecule has 1 heterocycles. The number of halogens is 2. The highest BCUT2D eigenvalue weighted by Crippen LogP contribution is 2.34. The van der Waals surface area contributed by atoms with Crippen molar-refractivity contribution < 1.29 is 19.5 Å². The van der Waals surface area contributed by atoms with Crippen LogP contribution in [-0.4, -0.2) is 33.6 Å². The molecule has 150 valence electrons. The molecule has 9 heteroatoms. The quantitative estimate of drug-likeness (QED) is 0.370. The maximum atomic E-state index is 12.6. The van der Waals surface area contributed by atoms with Crippen LogP contribution in [0, 0.1) is 21.0 Å². The zero-order valence-electron chi connectivity index (χ0n) is 15.5. The van der Waals surface area contributed by atoms with Crippen LogP contribution in [0.15, 0.2) is 35.2 Å². The van der Waals surface area contributed by atoms with Crippen LogP contribution in [0.25, 0.3) is 6.08 Å². The minimum Gasteiger partial charge on any atom is -0.506 e. The lowest BCUT2D eigenvalue weighted by molar-refractivity contribution is -0.127. The molecule has 3 amide bonds. The Morgan fingerprint density at radius 1 is 1.17 bits per heavy atom. The number of hydrogen-bond acceptors (Lipinski definition) is 5. The van der Waals surface area contributed by atoms with E-state index in [1.807, 2.05) is 71.2 Å². The predicted molar refractivity (Wildman–Crippen MR) is 131 cm³/mol. The number of benzene rings is 2. The van der Waals surface area contributed by atoms with Gasteiger partial charge >= 0.3 is 0 Å². The summed E-state index contributed by atoms with van der Waals surface area (Å²) in [4.78, 5) is 38.5. The van der Waals surface area contributed by atoms with Crippen LogP contribution in [0.5, 0.6) is 5.75 Å². The van der Waals surface area contributed by atoms with Crippen molar-refractivity contribution in [2.24, 2.45) is 0 Å². The number of nitrogens with one attached hydrogen (secondary N) is 1. The number of amides is 3. The molecule has 29 heavy (non-hydrogen) atoms. The molecule has 0 aromatic heterocycles. The van der Waals surface area contributed by atoms with E-state index in [-0.39, 0.29) is 17.2 Å². The van der Waals surface area contributed by atoms with Gasteiger partial charge in [-0.2, -0.15) is 0 Å². The third kappa shape index (κ3) is 5.12. The van der Waals surface area contributed by atoms with Gasteiger partial charge in [0.1, 0.15) is 12.3 Å². The van der Waals surface area contributed by atoms with Gasteiger partial charge in [0, 0.05) is 5.69 Å². The molecule has 0 atom stereocenters. The van der Waals surface area contributed by atoms with E-state index >= 15 is 0 Å². The highest BCUT2D eigenvalue weighted by Gasteiger charge is 2.36. The lowest BCUT2D eigenvalue weighted by atomic mass is 10.1. The van der Waals surface area contributed by atoms with Crippen molar-refractivity contribution in [2.75, 3.05) is 11.9 Å². The summed E-state index contributed by atoms with van der Waals surface area (Å²) in [5.74, 6) is -0.761. The molecule has 0 unspecified atom stereocenters. The largest absolute Gasteiger partial charge is 0.506 e. The number of anilines is 1. The van der Waals surface area contributed by atoms with Gasteiger partial charge in [0.15, 0.2) is 0 Å². The maximum Gasteiger partial charge on any atom is 0.294 e. The zero-order valence-corrected chi connectivity index (χ0v) is 20.6. The molecule has 1 aliphatic rings. The van der Waals surface area contributed by atoms with E-state index in [0.717, 1.165) is 27.8 Å². The summed E-state index contributed by atoms with van der Waals surface area (Å²) in [6, 6.07) is 9.06. The van der Waals surface area contributed by atoms with Crippen molar-refractivity contribution in [3.8, 4) is 5.75 Å². The number of thioether (sulfide) groups is 1. The topological polar surface area (TPSA) is 86.7 Å². The van der Waals surface area contributed by atoms with Gasteiger partial charge in [-0.05, 0) is 106 Å². The van der Waals surface area contributed by atoms with Crippen LogP contribution in [0.3, 0.4) is 0 Å². The fourth-order valence-corrected chi connectivity index (χ4v) is 5.40. The first-order valence-electron chi connectivity index (χ1n) is 8.46. The van der Waals surface area contributed by atoms with Crippen LogP contribution in [-0.2, 0) is 9.59 Å². The summed E-state index contributed by atoms with van der Waals surface area (Å²) in [7, 11) is 0. The Hall–Kier alpha value is -1.60. The number of phenolic OH excluding ortho intramolecular Hbond substituents is 1. The first kappa shape index (κ1) is 22.1. The number of aryl methyl sites for hydroxylation is 2. The Kier molecular flexibility index (Phi) is 6.89. The van der Waals surface area contributed by atoms with Crippen molar-refractivity contribution in [3.05, 3.63) is 59.1 Å². The minimum absolute atomic E-state index is 0.180. The van der Waals surface area contributed by atoms with E-state index in [1.54, 1.807) is 24.3 Å². The average molecular weight is 634 g/mol. The highest BCUT2D eigenvalue weighted by atomic mass is 127. The number of imide groups is 1. The molecule has 2 aromatic carbocycles. The predicted octanol–water partition coefficient (Wildman–Crippen LogP) is 4.89. The molecule has 1 saturated heterocycles. The molecule has 0 radical (unpaired) electrons. The van der Waals surface area contributed by atoms with Gasteiger partial charge in [0.05, 0.1) is 12.0 Å².